The highest BCUT2D eigenvalue weighted by Gasteiger charge is 2.36. The van der Waals surface area contributed by atoms with E-state index in [2.05, 4.69) is 0 Å². The van der Waals surface area contributed by atoms with E-state index in [1.165, 1.54) is 25.0 Å². The Hall–Kier alpha value is -1.42. The summed E-state index contributed by atoms with van der Waals surface area (Å²) < 4.78 is 18.7. The van der Waals surface area contributed by atoms with Crippen LogP contribution in [-0.2, 0) is 16.0 Å². The third-order valence-corrected chi connectivity index (χ3v) is 4.32. The highest BCUT2D eigenvalue weighted by molar-refractivity contribution is 5.79. The lowest BCUT2D eigenvalue weighted by Crippen LogP contribution is -2.55. The summed E-state index contributed by atoms with van der Waals surface area (Å²) in [7, 11) is 0. The highest BCUT2D eigenvalue weighted by Crippen LogP contribution is 2.28. The molecule has 3 nitrogen and oxygen atoms in total. The number of amides is 1. The predicted octanol–water partition coefficient (Wildman–Crippen LogP) is 2.54. The lowest BCUT2D eigenvalue weighted by atomic mass is 9.90. The number of ether oxygens (including phenoxy) is 1. The van der Waals surface area contributed by atoms with Gasteiger partial charge in [0.1, 0.15) is 5.82 Å². The van der Waals surface area contributed by atoms with Crippen LogP contribution in [0.4, 0.5) is 4.39 Å². The van der Waals surface area contributed by atoms with Gasteiger partial charge in [0.25, 0.3) is 0 Å². The summed E-state index contributed by atoms with van der Waals surface area (Å²) in [5.41, 5.74) is 0.871. The van der Waals surface area contributed by atoms with Gasteiger partial charge in [-0.05, 0) is 30.5 Å². The van der Waals surface area contributed by atoms with Gasteiger partial charge < -0.3 is 9.64 Å². The summed E-state index contributed by atoms with van der Waals surface area (Å²) in [5, 5.41) is 0. The molecule has 1 saturated heterocycles. The minimum Gasteiger partial charge on any atom is -0.374 e. The van der Waals surface area contributed by atoms with Crippen LogP contribution < -0.4 is 0 Å². The average Bonchev–Trinajstić information content (AvgIpc) is 2.49. The third kappa shape index (κ3) is 2.85. The summed E-state index contributed by atoms with van der Waals surface area (Å²) in [6.07, 6.45) is 5.04. The Morgan fingerprint density at radius 3 is 2.80 bits per heavy atom. The van der Waals surface area contributed by atoms with Gasteiger partial charge in [0.05, 0.1) is 25.2 Å². The molecule has 1 heterocycles. The van der Waals surface area contributed by atoms with Crippen molar-refractivity contribution in [3.63, 3.8) is 0 Å². The largest absolute Gasteiger partial charge is 0.374 e. The SMILES string of the molecule is O=C(Cc1ccc(F)cc1)N1CCOC2CCCCC21. The summed E-state index contributed by atoms with van der Waals surface area (Å²) in [5.74, 6) is -0.128. The Bertz CT molecular complexity index is 472. The van der Waals surface area contributed by atoms with Crippen LogP contribution in [0.2, 0.25) is 0 Å². The van der Waals surface area contributed by atoms with Crippen LogP contribution in [0.1, 0.15) is 31.2 Å². The Balaban J connectivity index is 1.67. The lowest BCUT2D eigenvalue weighted by molar-refractivity contribution is -0.148. The Morgan fingerprint density at radius 1 is 1.25 bits per heavy atom. The van der Waals surface area contributed by atoms with Crippen LogP contribution in [0, 0.1) is 5.82 Å². The summed E-state index contributed by atoms with van der Waals surface area (Å²) in [6.45, 7) is 1.32. The number of morpholine rings is 1. The molecule has 1 amide bonds. The predicted molar refractivity (Wildman–Crippen MR) is 73.8 cm³/mol. The van der Waals surface area contributed by atoms with Gasteiger partial charge in [0.15, 0.2) is 0 Å². The zero-order valence-corrected chi connectivity index (χ0v) is 11.6. The number of rotatable bonds is 2. The molecule has 0 aromatic heterocycles. The minimum absolute atomic E-state index is 0.136. The fourth-order valence-electron chi connectivity index (χ4n) is 3.28. The number of fused-ring (bicyclic) bond motifs is 1. The van der Waals surface area contributed by atoms with Crippen molar-refractivity contribution in [3.8, 4) is 0 Å². The minimum atomic E-state index is -0.264. The number of hydrogen-bond donors (Lipinski definition) is 0. The van der Waals surface area contributed by atoms with Gasteiger partial charge in [-0.2, -0.15) is 0 Å². The van der Waals surface area contributed by atoms with E-state index < -0.39 is 0 Å². The lowest BCUT2D eigenvalue weighted by Gasteiger charge is -2.43. The molecule has 2 aliphatic rings. The first kappa shape index (κ1) is 13.6. The van der Waals surface area contributed by atoms with Crippen molar-refractivity contribution in [2.24, 2.45) is 0 Å². The van der Waals surface area contributed by atoms with E-state index in [0.717, 1.165) is 18.4 Å². The van der Waals surface area contributed by atoms with E-state index in [-0.39, 0.29) is 23.9 Å². The van der Waals surface area contributed by atoms with Crippen molar-refractivity contribution in [3.05, 3.63) is 35.6 Å². The topological polar surface area (TPSA) is 29.5 Å². The van der Waals surface area contributed by atoms with E-state index in [1.807, 2.05) is 4.90 Å². The van der Waals surface area contributed by atoms with Crippen molar-refractivity contribution in [1.29, 1.82) is 0 Å². The molecule has 2 unspecified atom stereocenters. The molecule has 2 atom stereocenters. The Kier molecular flexibility index (Phi) is 4.01. The van der Waals surface area contributed by atoms with Crippen molar-refractivity contribution >= 4 is 5.91 Å². The molecular formula is C16H20FNO2. The van der Waals surface area contributed by atoms with Crippen molar-refractivity contribution in [2.75, 3.05) is 13.2 Å². The normalized spacial score (nSPS) is 26.1. The van der Waals surface area contributed by atoms with Gasteiger partial charge in [-0.15, -0.1) is 0 Å². The number of nitrogens with zero attached hydrogens (tertiary/aromatic N) is 1. The number of carbonyl (C=O) groups is 1. The van der Waals surface area contributed by atoms with Crippen LogP contribution in [0.3, 0.4) is 0 Å². The van der Waals surface area contributed by atoms with Crippen molar-refractivity contribution in [2.45, 2.75) is 44.2 Å². The summed E-state index contributed by atoms with van der Waals surface area (Å²) >= 11 is 0. The van der Waals surface area contributed by atoms with Gasteiger partial charge >= 0.3 is 0 Å². The summed E-state index contributed by atoms with van der Waals surface area (Å²) in [4.78, 5) is 14.5. The van der Waals surface area contributed by atoms with Crippen molar-refractivity contribution in [1.82, 2.24) is 4.90 Å². The molecule has 0 radical (unpaired) electrons. The maximum atomic E-state index is 12.9. The molecule has 0 N–H and O–H groups in total. The fraction of sp³-hybridized carbons (Fsp3) is 0.562. The second-order valence-electron chi connectivity index (χ2n) is 5.65. The maximum absolute atomic E-state index is 12.9. The zero-order valence-electron chi connectivity index (χ0n) is 11.6. The van der Waals surface area contributed by atoms with E-state index in [1.54, 1.807) is 12.1 Å². The molecule has 108 valence electrons. The Morgan fingerprint density at radius 2 is 2.00 bits per heavy atom. The van der Waals surface area contributed by atoms with Crippen LogP contribution in [-0.4, -0.2) is 36.1 Å². The third-order valence-electron chi connectivity index (χ3n) is 4.32. The molecule has 3 rings (SSSR count). The highest BCUT2D eigenvalue weighted by atomic mass is 19.1. The average molecular weight is 277 g/mol. The van der Waals surface area contributed by atoms with Crippen LogP contribution in [0.15, 0.2) is 24.3 Å². The van der Waals surface area contributed by atoms with Crippen LogP contribution in [0.5, 0.6) is 0 Å². The van der Waals surface area contributed by atoms with Gasteiger partial charge in [-0.3, -0.25) is 4.79 Å². The van der Waals surface area contributed by atoms with Gasteiger partial charge in [-0.25, -0.2) is 4.39 Å². The van der Waals surface area contributed by atoms with E-state index >= 15 is 0 Å². The van der Waals surface area contributed by atoms with E-state index in [9.17, 15) is 9.18 Å². The molecule has 2 fully saturated rings. The second kappa shape index (κ2) is 5.92. The van der Waals surface area contributed by atoms with Gasteiger partial charge in [-0.1, -0.05) is 25.0 Å². The molecule has 1 aliphatic heterocycles. The van der Waals surface area contributed by atoms with E-state index in [0.29, 0.717) is 19.6 Å². The molecule has 0 bridgehead atoms. The number of halogens is 1. The van der Waals surface area contributed by atoms with Crippen LogP contribution >= 0.6 is 0 Å². The fourth-order valence-corrected chi connectivity index (χ4v) is 3.28. The van der Waals surface area contributed by atoms with Gasteiger partial charge in [0.2, 0.25) is 5.91 Å². The van der Waals surface area contributed by atoms with Gasteiger partial charge in [0, 0.05) is 6.54 Å². The second-order valence-corrected chi connectivity index (χ2v) is 5.65. The first-order valence-electron chi connectivity index (χ1n) is 7.39. The smallest absolute Gasteiger partial charge is 0.227 e. The molecule has 1 aliphatic carbocycles. The molecule has 1 aromatic rings. The van der Waals surface area contributed by atoms with Crippen molar-refractivity contribution < 1.29 is 13.9 Å². The quantitative estimate of drug-likeness (QED) is 0.831. The molecule has 1 aromatic carbocycles. The standard InChI is InChI=1S/C16H20FNO2/c17-13-7-5-12(6-8-13)11-16(19)18-9-10-20-15-4-2-1-3-14(15)18/h5-8,14-15H,1-4,9-11H2. The number of benzene rings is 1. The first-order chi connectivity index (χ1) is 9.74. The van der Waals surface area contributed by atoms with E-state index in [4.69, 9.17) is 4.74 Å². The molecule has 0 spiro atoms. The molecule has 4 heteroatoms. The molecule has 1 saturated carbocycles. The van der Waals surface area contributed by atoms with Crippen LogP contribution in [0.25, 0.3) is 0 Å². The Labute approximate surface area is 118 Å². The molecule has 20 heavy (non-hydrogen) atoms. The number of hydrogen-bond acceptors (Lipinski definition) is 2. The maximum Gasteiger partial charge on any atom is 0.227 e. The zero-order chi connectivity index (χ0) is 13.9. The molecular weight excluding hydrogens is 257 g/mol. The number of carbonyl (C=O) groups excluding carboxylic acids is 1. The summed E-state index contributed by atoms with van der Waals surface area (Å²) in [6, 6.07) is 6.43. The first-order valence-corrected chi connectivity index (χ1v) is 7.39. The monoisotopic (exact) mass is 277 g/mol.